The normalized spacial score (nSPS) is 13.3. The number of hydrogen-bond donors (Lipinski definition) is 0. The van der Waals surface area contributed by atoms with Gasteiger partial charge in [-0.1, -0.05) is 78.1 Å². The number of likely N-dealkylation sites (N-methyl/N-ethyl adjacent to an activating group) is 1. The van der Waals surface area contributed by atoms with Gasteiger partial charge in [-0.2, -0.15) is 0 Å². The Morgan fingerprint density at radius 1 is 0.771 bits per heavy atom. The minimum atomic E-state index is -1.13. The molecule has 0 amide bonds. The van der Waals surface area contributed by atoms with Crippen molar-refractivity contribution < 1.29 is 38.2 Å². The van der Waals surface area contributed by atoms with Gasteiger partial charge in [0.15, 0.2) is 6.10 Å². The lowest BCUT2D eigenvalue weighted by atomic mass is 10.1. The number of nitrogens with zero attached hydrogens (tertiary/aromatic N) is 1. The van der Waals surface area contributed by atoms with Gasteiger partial charge in [-0.3, -0.25) is 9.59 Å². The number of ether oxygens (including phenoxy) is 3. The van der Waals surface area contributed by atoms with E-state index in [0.717, 1.165) is 19.3 Å². The Morgan fingerprint density at radius 2 is 1.31 bits per heavy atom. The van der Waals surface area contributed by atoms with Crippen molar-refractivity contribution in [3.63, 3.8) is 0 Å². The van der Waals surface area contributed by atoms with Crippen LogP contribution in [0.1, 0.15) is 104 Å². The molecule has 0 rings (SSSR count). The van der Waals surface area contributed by atoms with Gasteiger partial charge in [0, 0.05) is 19.3 Å². The number of unbranched alkanes of at least 4 members (excludes halogenated alkanes) is 10. The fourth-order valence-corrected chi connectivity index (χ4v) is 3.81. The third-order valence-corrected chi connectivity index (χ3v) is 6.05. The number of aliphatic carboxylic acids is 1. The first-order valence-corrected chi connectivity index (χ1v) is 13.6. The van der Waals surface area contributed by atoms with E-state index >= 15 is 0 Å². The Bertz CT molecular complexity index is 574. The zero-order valence-electron chi connectivity index (χ0n) is 23.0. The zero-order valence-corrected chi connectivity index (χ0v) is 23.0. The van der Waals surface area contributed by atoms with E-state index in [1.54, 1.807) is 28.1 Å². The van der Waals surface area contributed by atoms with Crippen LogP contribution in [0.2, 0.25) is 0 Å². The lowest BCUT2D eigenvalue weighted by Gasteiger charge is -2.34. The van der Waals surface area contributed by atoms with Crippen molar-refractivity contribution in [3.8, 4) is 0 Å². The van der Waals surface area contributed by atoms with E-state index in [4.69, 9.17) is 14.2 Å². The summed E-state index contributed by atoms with van der Waals surface area (Å²) in [5, 5.41) is 11.4. The van der Waals surface area contributed by atoms with Crippen molar-refractivity contribution >= 4 is 17.9 Å². The van der Waals surface area contributed by atoms with Crippen LogP contribution in [-0.4, -0.2) is 75.5 Å². The average molecular weight is 502 g/mol. The molecule has 0 radical (unpaired) electrons. The Balaban J connectivity index is 4.22. The molecule has 0 saturated heterocycles. The number of quaternary nitrogens is 1. The lowest BCUT2D eigenvalue weighted by molar-refractivity contribution is -0.889. The van der Waals surface area contributed by atoms with Gasteiger partial charge in [0.25, 0.3) is 0 Å². The summed E-state index contributed by atoms with van der Waals surface area (Å²) in [6.45, 7) is 4.06. The van der Waals surface area contributed by atoms with Crippen molar-refractivity contribution in [3.05, 3.63) is 0 Å². The summed E-state index contributed by atoms with van der Waals surface area (Å²) in [5.74, 6) is -1.84. The average Bonchev–Trinajstić information content (AvgIpc) is 2.79. The molecule has 0 saturated carbocycles. The Kier molecular flexibility index (Phi) is 19.5. The molecule has 0 aromatic heterocycles. The second kappa shape index (κ2) is 20.5. The maximum atomic E-state index is 12.3. The molecule has 0 spiro atoms. The van der Waals surface area contributed by atoms with Gasteiger partial charge in [-0.15, -0.1) is 0 Å². The van der Waals surface area contributed by atoms with Gasteiger partial charge in [-0.05, 0) is 6.42 Å². The summed E-state index contributed by atoms with van der Waals surface area (Å²) >= 11 is 0. The third kappa shape index (κ3) is 19.2. The van der Waals surface area contributed by atoms with Gasteiger partial charge in [0.2, 0.25) is 0 Å². The quantitative estimate of drug-likeness (QED) is 0.119. The van der Waals surface area contributed by atoms with Crippen LogP contribution < -0.4 is 5.11 Å². The first-order valence-electron chi connectivity index (χ1n) is 13.6. The number of rotatable bonds is 23. The van der Waals surface area contributed by atoms with Crippen LogP contribution in [0, 0.1) is 0 Å². The molecule has 8 heteroatoms. The molecule has 0 aromatic rings. The topological polar surface area (TPSA) is 102 Å². The Morgan fingerprint density at radius 3 is 1.80 bits per heavy atom. The fraction of sp³-hybridized carbons (Fsp3) is 0.889. The SMILES string of the molecule is CCCCCCCCCCCCCC(=O)OC(COCCC(C(=O)[O-])[N+](C)(C)C)COC(=O)CC. The predicted octanol–water partition coefficient (Wildman–Crippen LogP) is 3.78. The van der Waals surface area contributed by atoms with Crippen LogP contribution in [0.3, 0.4) is 0 Å². The summed E-state index contributed by atoms with van der Waals surface area (Å²) in [4.78, 5) is 35.2. The highest BCUT2D eigenvalue weighted by molar-refractivity contribution is 5.70. The van der Waals surface area contributed by atoms with Crippen molar-refractivity contribution in [2.45, 2.75) is 116 Å². The molecule has 2 unspecified atom stereocenters. The highest BCUT2D eigenvalue weighted by atomic mass is 16.6. The molecule has 0 aliphatic carbocycles. The second-order valence-corrected chi connectivity index (χ2v) is 10.2. The highest BCUT2D eigenvalue weighted by Gasteiger charge is 2.25. The van der Waals surface area contributed by atoms with Gasteiger partial charge in [-0.25, -0.2) is 0 Å². The molecule has 0 fully saturated rings. The van der Waals surface area contributed by atoms with Crippen molar-refractivity contribution in [1.82, 2.24) is 0 Å². The number of esters is 2. The third-order valence-electron chi connectivity index (χ3n) is 6.05. The standard InChI is InChI=1S/C27H51NO7/c1-6-8-9-10-11-12-13-14-15-16-17-18-26(30)35-23(22-34-25(29)7-2)21-33-20-19-24(27(31)32)28(3,4)5/h23-24H,6-22H2,1-5H3. The molecule has 0 heterocycles. The Hall–Kier alpha value is -1.67. The second-order valence-electron chi connectivity index (χ2n) is 10.2. The van der Waals surface area contributed by atoms with E-state index in [0.29, 0.717) is 6.42 Å². The van der Waals surface area contributed by atoms with E-state index in [2.05, 4.69) is 6.92 Å². The molecular formula is C27H51NO7. The van der Waals surface area contributed by atoms with Crippen LogP contribution in [0.25, 0.3) is 0 Å². The molecule has 0 aliphatic heterocycles. The molecule has 0 aromatic carbocycles. The number of carboxylic acid groups (broad SMARTS) is 1. The van der Waals surface area contributed by atoms with Gasteiger partial charge in [0.1, 0.15) is 12.6 Å². The first-order chi connectivity index (χ1) is 16.6. The molecule has 8 nitrogen and oxygen atoms in total. The van der Waals surface area contributed by atoms with Gasteiger partial charge in [0.05, 0.1) is 40.3 Å². The number of hydrogen-bond acceptors (Lipinski definition) is 7. The minimum Gasteiger partial charge on any atom is -0.544 e. The summed E-state index contributed by atoms with van der Waals surface area (Å²) in [7, 11) is 5.34. The largest absolute Gasteiger partial charge is 0.544 e. The summed E-state index contributed by atoms with van der Waals surface area (Å²) < 4.78 is 16.4. The Labute approximate surface area is 213 Å². The van der Waals surface area contributed by atoms with Gasteiger partial charge >= 0.3 is 11.9 Å². The van der Waals surface area contributed by atoms with Crippen LogP contribution in [-0.2, 0) is 28.6 Å². The zero-order chi connectivity index (χ0) is 26.5. The molecule has 0 N–H and O–H groups in total. The molecule has 0 aliphatic rings. The van der Waals surface area contributed by atoms with E-state index in [9.17, 15) is 19.5 Å². The predicted molar refractivity (Wildman–Crippen MR) is 134 cm³/mol. The van der Waals surface area contributed by atoms with Gasteiger partial charge < -0.3 is 28.6 Å². The van der Waals surface area contributed by atoms with Crippen molar-refractivity contribution in [1.29, 1.82) is 0 Å². The van der Waals surface area contributed by atoms with Crippen molar-refractivity contribution in [2.75, 3.05) is 41.0 Å². The molecule has 206 valence electrons. The number of carboxylic acids is 1. The summed E-state index contributed by atoms with van der Waals surface area (Å²) in [6.07, 6.45) is 13.4. The first kappa shape index (κ1) is 33.3. The molecule has 2 atom stereocenters. The highest BCUT2D eigenvalue weighted by Crippen LogP contribution is 2.13. The summed E-state index contributed by atoms with van der Waals surface area (Å²) in [5.41, 5.74) is 0. The monoisotopic (exact) mass is 501 g/mol. The maximum absolute atomic E-state index is 12.3. The number of carbonyl (C=O) groups excluding carboxylic acids is 3. The molecule has 35 heavy (non-hydrogen) atoms. The van der Waals surface area contributed by atoms with E-state index in [-0.39, 0.29) is 49.1 Å². The van der Waals surface area contributed by atoms with E-state index < -0.39 is 18.1 Å². The van der Waals surface area contributed by atoms with Crippen LogP contribution >= 0.6 is 0 Å². The van der Waals surface area contributed by atoms with Crippen molar-refractivity contribution in [2.24, 2.45) is 0 Å². The minimum absolute atomic E-state index is 0.0396. The summed E-state index contributed by atoms with van der Waals surface area (Å²) in [6, 6.07) is -0.713. The smallest absolute Gasteiger partial charge is 0.306 e. The lowest BCUT2D eigenvalue weighted by Crippen LogP contribution is -2.55. The molecule has 0 bridgehead atoms. The maximum Gasteiger partial charge on any atom is 0.306 e. The van der Waals surface area contributed by atoms with E-state index in [1.807, 2.05) is 0 Å². The number of carbonyl (C=O) groups is 3. The van der Waals surface area contributed by atoms with Crippen LogP contribution in [0.4, 0.5) is 0 Å². The van der Waals surface area contributed by atoms with Crippen LogP contribution in [0.15, 0.2) is 0 Å². The fourth-order valence-electron chi connectivity index (χ4n) is 3.81. The van der Waals surface area contributed by atoms with Crippen LogP contribution in [0.5, 0.6) is 0 Å². The molecular weight excluding hydrogens is 450 g/mol. The van der Waals surface area contributed by atoms with E-state index in [1.165, 1.54) is 51.4 Å².